The van der Waals surface area contributed by atoms with E-state index in [1.165, 1.54) is 0 Å². The fraction of sp³-hybridized carbons (Fsp3) is 0.583. The molecule has 1 heterocycles. The van der Waals surface area contributed by atoms with Crippen molar-refractivity contribution in [3.8, 4) is 0 Å². The number of carbonyl (C=O) groups excluding carboxylic acids is 4. The monoisotopic (exact) mass is 298 g/mol. The lowest BCUT2D eigenvalue weighted by Crippen LogP contribution is -2.49. The van der Waals surface area contributed by atoms with Crippen LogP contribution in [0.3, 0.4) is 0 Å². The Bertz CT molecular complexity index is 492. The largest absolute Gasteiger partial charge is 0.451 e. The van der Waals surface area contributed by atoms with Crippen LogP contribution in [0.2, 0.25) is 0 Å². The van der Waals surface area contributed by atoms with Gasteiger partial charge in [-0.15, -0.1) is 0 Å². The Labute approximate surface area is 121 Å². The molecule has 1 aliphatic rings. The Hall–Kier alpha value is -2.45. The molecule has 0 bridgehead atoms. The van der Waals surface area contributed by atoms with Crippen LogP contribution in [-0.4, -0.2) is 41.7 Å². The number of carbonyl (C=O) groups is 4. The number of ether oxygens (including phenoxy) is 1. The maximum absolute atomic E-state index is 11.5. The van der Waals surface area contributed by atoms with Gasteiger partial charge in [-0.1, -0.05) is 0 Å². The highest BCUT2D eigenvalue weighted by atomic mass is 16.5. The Balaban J connectivity index is 2.34. The van der Waals surface area contributed by atoms with Crippen molar-refractivity contribution >= 4 is 29.5 Å². The van der Waals surface area contributed by atoms with Gasteiger partial charge in [0.05, 0.1) is 0 Å². The van der Waals surface area contributed by atoms with E-state index in [1.54, 1.807) is 20.8 Å². The number of imide groups is 1. The van der Waals surface area contributed by atoms with E-state index in [9.17, 15) is 19.2 Å². The van der Waals surface area contributed by atoms with Crippen molar-refractivity contribution in [2.45, 2.75) is 39.2 Å². The number of hydrogen-bond donors (Lipinski definition) is 3. The van der Waals surface area contributed by atoms with Crippen molar-refractivity contribution in [3.05, 3.63) is 0 Å². The number of nitrogens with one attached hydrogen (secondary N) is 3. The molecule has 0 saturated carbocycles. The molecule has 1 rings (SSSR count). The number of hydrazone groups is 1. The first-order chi connectivity index (χ1) is 9.67. The van der Waals surface area contributed by atoms with Gasteiger partial charge in [0.25, 0.3) is 5.91 Å². The summed E-state index contributed by atoms with van der Waals surface area (Å²) in [4.78, 5) is 45.2. The van der Waals surface area contributed by atoms with Gasteiger partial charge in [0.2, 0.25) is 5.91 Å². The van der Waals surface area contributed by atoms with Gasteiger partial charge in [0.15, 0.2) is 6.61 Å². The van der Waals surface area contributed by atoms with Crippen LogP contribution < -0.4 is 16.1 Å². The van der Waals surface area contributed by atoms with Gasteiger partial charge >= 0.3 is 12.0 Å². The quantitative estimate of drug-likeness (QED) is 0.601. The SMILES string of the molecule is CC(C)(C)NC(=O)NC(=O)COC(=O)C1=NNC(=O)CC1. The lowest BCUT2D eigenvalue weighted by atomic mass is 10.1. The van der Waals surface area contributed by atoms with Crippen molar-refractivity contribution in [2.24, 2.45) is 5.10 Å². The van der Waals surface area contributed by atoms with Crippen LogP contribution in [0.1, 0.15) is 33.6 Å². The first-order valence-electron chi connectivity index (χ1n) is 6.32. The summed E-state index contributed by atoms with van der Waals surface area (Å²) < 4.78 is 4.70. The lowest BCUT2D eigenvalue weighted by molar-refractivity contribution is -0.142. The molecule has 21 heavy (non-hydrogen) atoms. The molecule has 0 aromatic rings. The summed E-state index contributed by atoms with van der Waals surface area (Å²) in [6.45, 7) is 4.66. The van der Waals surface area contributed by atoms with Crippen LogP contribution in [0.25, 0.3) is 0 Å². The Morgan fingerprint density at radius 2 is 1.95 bits per heavy atom. The molecule has 0 atom stereocenters. The fourth-order valence-corrected chi connectivity index (χ4v) is 1.37. The summed E-state index contributed by atoms with van der Waals surface area (Å²) in [5, 5.41) is 8.08. The Morgan fingerprint density at radius 1 is 1.29 bits per heavy atom. The van der Waals surface area contributed by atoms with Crippen molar-refractivity contribution in [2.75, 3.05) is 6.61 Å². The van der Waals surface area contributed by atoms with Gasteiger partial charge in [-0.3, -0.25) is 14.9 Å². The minimum absolute atomic E-state index is 0.0292. The summed E-state index contributed by atoms with van der Waals surface area (Å²) in [5.41, 5.74) is 1.68. The molecule has 0 aliphatic carbocycles. The van der Waals surface area contributed by atoms with Gasteiger partial charge in [-0.25, -0.2) is 15.0 Å². The summed E-state index contributed by atoms with van der Waals surface area (Å²) in [6, 6.07) is -0.675. The molecule has 0 spiro atoms. The molecule has 1 aliphatic heterocycles. The maximum Gasteiger partial charge on any atom is 0.355 e. The smallest absolute Gasteiger partial charge is 0.355 e. The average molecular weight is 298 g/mol. The minimum atomic E-state index is -0.804. The predicted molar refractivity (Wildman–Crippen MR) is 72.2 cm³/mol. The van der Waals surface area contributed by atoms with Crippen molar-refractivity contribution in [1.29, 1.82) is 0 Å². The zero-order chi connectivity index (χ0) is 16.0. The Morgan fingerprint density at radius 3 is 2.48 bits per heavy atom. The highest BCUT2D eigenvalue weighted by molar-refractivity contribution is 6.37. The van der Waals surface area contributed by atoms with Crippen molar-refractivity contribution in [1.82, 2.24) is 16.1 Å². The molecule has 116 valence electrons. The number of hydrogen-bond acceptors (Lipinski definition) is 6. The zero-order valence-electron chi connectivity index (χ0n) is 12.1. The lowest BCUT2D eigenvalue weighted by Gasteiger charge is -2.20. The second kappa shape index (κ2) is 6.82. The fourth-order valence-electron chi connectivity index (χ4n) is 1.37. The molecule has 0 aromatic carbocycles. The number of rotatable bonds is 3. The number of esters is 1. The van der Waals surface area contributed by atoms with Gasteiger partial charge in [0.1, 0.15) is 5.71 Å². The van der Waals surface area contributed by atoms with E-state index in [1.807, 2.05) is 5.32 Å². The molecule has 9 heteroatoms. The third kappa shape index (κ3) is 6.50. The summed E-state index contributed by atoms with van der Waals surface area (Å²) in [5.74, 6) is -1.85. The first kappa shape index (κ1) is 16.6. The highest BCUT2D eigenvalue weighted by Gasteiger charge is 2.21. The first-order valence-corrected chi connectivity index (χ1v) is 6.32. The highest BCUT2D eigenvalue weighted by Crippen LogP contribution is 2.01. The number of nitrogens with zero attached hydrogens (tertiary/aromatic N) is 1. The van der Waals surface area contributed by atoms with E-state index in [2.05, 4.69) is 15.8 Å². The number of amides is 4. The second-order valence-electron chi connectivity index (χ2n) is 5.42. The normalized spacial score (nSPS) is 14.6. The van der Waals surface area contributed by atoms with E-state index in [4.69, 9.17) is 4.74 Å². The van der Waals surface area contributed by atoms with E-state index >= 15 is 0 Å². The maximum atomic E-state index is 11.5. The molecule has 0 unspecified atom stereocenters. The van der Waals surface area contributed by atoms with Crippen molar-refractivity contribution < 1.29 is 23.9 Å². The molecular formula is C12H18N4O5. The summed E-state index contributed by atoms with van der Waals surface area (Å²) in [7, 11) is 0. The molecule has 9 nitrogen and oxygen atoms in total. The van der Waals surface area contributed by atoms with Crippen LogP contribution in [0.4, 0.5) is 4.79 Å². The van der Waals surface area contributed by atoms with Crippen LogP contribution in [-0.2, 0) is 19.1 Å². The summed E-state index contributed by atoms with van der Waals surface area (Å²) >= 11 is 0. The Kier molecular flexibility index (Phi) is 5.39. The standard InChI is InChI=1S/C12H18N4O5/c1-12(2,3)14-11(20)13-9(18)6-21-10(19)7-4-5-8(17)16-15-7/h4-6H2,1-3H3,(H,16,17)(H2,13,14,18,20). The summed E-state index contributed by atoms with van der Waals surface area (Å²) in [6.07, 6.45) is 0.283. The van der Waals surface area contributed by atoms with Gasteiger partial charge < -0.3 is 10.1 Å². The molecule has 0 saturated heterocycles. The molecule has 3 N–H and O–H groups in total. The van der Waals surface area contributed by atoms with Crippen LogP contribution >= 0.6 is 0 Å². The average Bonchev–Trinajstić information content (AvgIpc) is 2.34. The second-order valence-corrected chi connectivity index (χ2v) is 5.42. The third-order valence-electron chi connectivity index (χ3n) is 2.22. The van der Waals surface area contributed by atoms with Gasteiger partial charge in [0, 0.05) is 18.4 Å². The van der Waals surface area contributed by atoms with Crippen LogP contribution in [0, 0.1) is 0 Å². The van der Waals surface area contributed by atoms with E-state index < -0.39 is 30.1 Å². The van der Waals surface area contributed by atoms with E-state index in [-0.39, 0.29) is 24.5 Å². The molecule has 4 amide bonds. The third-order valence-corrected chi connectivity index (χ3v) is 2.22. The van der Waals surface area contributed by atoms with E-state index in [0.29, 0.717) is 0 Å². The molecule has 0 radical (unpaired) electrons. The van der Waals surface area contributed by atoms with Crippen molar-refractivity contribution in [3.63, 3.8) is 0 Å². The molecule has 0 fully saturated rings. The van der Waals surface area contributed by atoms with Gasteiger partial charge in [-0.2, -0.15) is 5.10 Å². The molecular weight excluding hydrogens is 280 g/mol. The zero-order valence-corrected chi connectivity index (χ0v) is 12.1. The van der Waals surface area contributed by atoms with E-state index in [0.717, 1.165) is 0 Å². The topological polar surface area (TPSA) is 126 Å². The minimum Gasteiger partial charge on any atom is -0.451 e. The number of urea groups is 1. The van der Waals surface area contributed by atoms with Crippen LogP contribution in [0.15, 0.2) is 5.10 Å². The van der Waals surface area contributed by atoms with Gasteiger partial charge in [-0.05, 0) is 20.8 Å². The molecule has 0 aromatic heterocycles. The predicted octanol–water partition coefficient (Wildman–Crippen LogP) is -0.580. The van der Waals surface area contributed by atoms with Crippen LogP contribution in [0.5, 0.6) is 0 Å².